The van der Waals surface area contributed by atoms with Crippen molar-refractivity contribution in [1.82, 2.24) is 19.2 Å². The van der Waals surface area contributed by atoms with Gasteiger partial charge in [0.25, 0.3) is 0 Å². The Kier molecular flexibility index (Phi) is 3.89. The maximum atomic E-state index is 13.7. The smallest absolute Gasteiger partial charge is 0.225 e. The van der Waals surface area contributed by atoms with Crippen molar-refractivity contribution in [3.63, 3.8) is 0 Å². The third-order valence-electron chi connectivity index (χ3n) is 5.90. The molecule has 0 saturated heterocycles. The topological polar surface area (TPSA) is 64.2 Å². The SMILES string of the molecule is O=C1C[C@H](c2cnn3cccnc23)c2cn(Cc3cccc(F)c3)c3cccc(c23)N1. The van der Waals surface area contributed by atoms with Crippen LogP contribution in [0.25, 0.3) is 16.6 Å². The highest BCUT2D eigenvalue weighted by Crippen LogP contribution is 2.41. The molecule has 4 heterocycles. The van der Waals surface area contributed by atoms with Crippen molar-refractivity contribution in [2.75, 3.05) is 5.32 Å². The molecule has 1 aliphatic rings. The number of aromatic nitrogens is 4. The predicted molar refractivity (Wildman–Crippen MR) is 116 cm³/mol. The van der Waals surface area contributed by atoms with Crippen LogP contribution in [0.15, 0.2) is 73.3 Å². The van der Waals surface area contributed by atoms with E-state index in [4.69, 9.17) is 0 Å². The lowest BCUT2D eigenvalue weighted by Crippen LogP contribution is -2.14. The van der Waals surface area contributed by atoms with Crippen molar-refractivity contribution < 1.29 is 9.18 Å². The maximum absolute atomic E-state index is 13.7. The van der Waals surface area contributed by atoms with Crippen LogP contribution in [0.1, 0.15) is 29.0 Å². The zero-order valence-corrected chi connectivity index (χ0v) is 16.5. The Morgan fingerprint density at radius 2 is 2.03 bits per heavy atom. The number of nitrogens with one attached hydrogen (secondary N) is 1. The minimum absolute atomic E-state index is 0.0411. The van der Waals surface area contributed by atoms with E-state index < -0.39 is 0 Å². The minimum atomic E-state index is -0.251. The first-order valence-electron chi connectivity index (χ1n) is 10.1. The Hall–Kier alpha value is -4.00. The Bertz CT molecular complexity index is 1470. The number of fused-ring (bicyclic) bond motifs is 1. The average molecular weight is 411 g/mol. The molecule has 1 amide bonds. The van der Waals surface area contributed by atoms with E-state index in [0.29, 0.717) is 13.0 Å². The summed E-state index contributed by atoms with van der Waals surface area (Å²) in [6.45, 7) is 0.533. The zero-order chi connectivity index (χ0) is 20.9. The number of benzene rings is 2. The fourth-order valence-corrected chi connectivity index (χ4v) is 4.58. The molecule has 1 atom stereocenters. The van der Waals surface area contributed by atoms with Gasteiger partial charge in [-0.15, -0.1) is 0 Å². The van der Waals surface area contributed by atoms with Gasteiger partial charge < -0.3 is 9.88 Å². The lowest BCUT2D eigenvalue weighted by Gasteiger charge is -2.12. The second-order valence-electron chi connectivity index (χ2n) is 7.83. The van der Waals surface area contributed by atoms with Crippen molar-refractivity contribution in [3.05, 3.63) is 95.8 Å². The van der Waals surface area contributed by atoms with E-state index in [-0.39, 0.29) is 17.6 Å². The number of carbonyl (C=O) groups is 1. The lowest BCUT2D eigenvalue weighted by molar-refractivity contribution is -0.116. The summed E-state index contributed by atoms with van der Waals surface area (Å²) in [5.41, 5.74) is 5.36. The Morgan fingerprint density at radius 3 is 2.94 bits per heavy atom. The van der Waals surface area contributed by atoms with E-state index in [9.17, 15) is 9.18 Å². The molecule has 0 fully saturated rings. The number of nitrogens with zero attached hydrogens (tertiary/aromatic N) is 4. The summed E-state index contributed by atoms with van der Waals surface area (Å²) in [6, 6.07) is 14.3. The van der Waals surface area contributed by atoms with E-state index >= 15 is 0 Å². The van der Waals surface area contributed by atoms with Crippen LogP contribution < -0.4 is 5.32 Å². The van der Waals surface area contributed by atoms with E-state index in [1.165, 1.54) is 6.07 Å². The van der Waals surface area contributed by atoms with Gasteiger partial charge in [-0.3, -0.25) is 4.79 Å². The first-order valence-corrected chi connectivity index (χ1v) is 10.1. The molecular formula is C24H18FN5O. The van der Waals surface area contributed by atoms with Crippen LogP contribution in [0.2, 0.25) is 0 Å². The highest BCUT2D eigenvalue weighted by atomic mass is 19.1. The number of carbonyl (C=O) groups excluding carboxylic acids is 1. The Labute approximate surface area is 177 Å². The van der Waals surface area contributed by atoms with E-state index in [1.807, 2.05) is 36.5 Å². The summed E-state index contributed by atoms with van der Waals surface area (Å²) >= 11 is 0. The zero-order valence-electron chi connectivity index (χ0n) is 16.5. The summed E-state index contributed by atoms with van der Waals surface area (Å²) in [4.78, 5) is 17.2. The van der Waals surface area contributed by atoms with E-state index in [1.54, 1.807) is 29.0 Å². The molecule has 2 aromatic carbocycles. The van der Waals surface area contributed by atoms with E-state index in [0.717, 1.165) is 38.9 Å². The third-order valence-corrected chi connectivity index (χ3v) is 5.90. The van der Waals surface area contributed by atoms with Crippen LogP contribution in [0, 0.1) is 5.82 Å². The molecule has 0 saturated carbocycles. The first-order chi connectivity index (χ1) is 15.2. The molecule has 5 aromatic rings. The number of anilines is 1. The number of amides is 1. The highest BCUT2D eigenvalue weighted by Gasteiger charge is 2.30. The van der Waals surface area contributed by atoms with Crippen LogP contribution in [-0.4, -0.2) is 25.1 Å². The number of hydrogen-bond acceptors (Lipinski definition) is 3. The Balaban J connectivity index is 1.56. The quantitative estimate of drug-likeness (QED) is 0.480. The van der Waals surface area contributed by atoms with Gasteiger partial charge in [0.05, 0.1) is 17.4 Å². The van der Waals surface area contributed by atoms with Crippen molar-refractivity contribution in [3.8, 4) is 0 Å². The third kappa shape index (κ3) is 2.89. The molecule has 1 aliphatic heterocycles. The molecule has 31 heavy (non-hydrogen) atoms. The van der Waals surface area contributed by atoms with Crippen molar-refractivity contribution >= 4 is 28.1 Å². The van der Waals surface area contributed by atoms with Crippen LogP contribution in [0.3, 0.4) is 0 Å². The van der Waals surface area contributed by atoms with Gasteiger partial charge in [0.15, 0.2) is 5.65 Å². The molecule has 3 aromatic heterocycles. The number of hydrogen-bond donors (Lipinski definition) is 1. The summed E-state index contributed by atoms with van der Waals surface area (Å²) in [5, 5.41) is 8.49. The Morgan fingerprint density at radius 1 is 1.13 bits per heavy atom. The molecule has 0 unspecified atom stereocenters. The highest BCUT2D eigenvalue weighted by molar-refractivity contribution is 6.06. The van der Waals surface area contributed by atoms with Gasteiger partial charge in [0.1, 0.15) is 5.82 Å². The van der Waals surface area contributed by atoms with E-state index in [2.05, 4.69) is 26.2 Å². The molecule has 1 N–H and O–H groups in total. The fraction of sp³-hybridized carbons (Fsp3) is 0.125. The van der Waals surface area contributed by atoms with Gasteiger partial charge in [-0.2, -0.15) is 5.10 Å². The molecule has 6 rings (SSSR count). The molecule has 0 radical (unpaired) electrons. The second kappa shape index (κ2) is 6.77. The van der Waals surface area contributed by atoms with Crippen molar-refractivity contribution in [2.24, 2.45) is 0 Å². The average Bonchev–Trinajstić information content (AvgIpc) is 3.31. The standard InChI is InChI=1S/C24H18FN5O/c25-16-5-1-4-15(10-16)13-29-14-19-17(18-12-27-30-9-3-8-26-24(18)30)11-22(31)28-20-6-2-7-21(29)23(19)20/h1-10,12,14,17H,11,13H2,(H,28,31)/t17-/m1/s1. The van der Waals surface area contributed by atoms with Crippen molar-refractivity contribution in [1.29, 1.82) is 0 Å². The molecule has 7 heteroatoms. The fourth-order valence-electron chi connectivity index (χ4n) is 4.58. The minimum Gasteiger partial charge on any atom is -0.343 e. The van der Waals surface area contributed by atoms with Crippen molar-refractivity contribution in [2.45, 2.75) is 18.9 Å². The van der Waals surface area contributed by atoms with Crippen LogP contribution in [0.4, 0.5) is 10.1 Å². The first kappa shape index (κ1) is 17.8. The molecular weight excluding hydrogens is 393 g/mol. The van der Waals surface area contributed by atoms with Gasteiger partial charge in [-0.25, -0.2) is 13.9 Å². The monoisotopic (exact) mass is 411 g/mol. The second-order valence-corrected chi connectivity index (χ2v) is 7.83. The lowest BCUT2D eigenvalue weighted by atomic mass is 9.90. The molecule has 0 spiro atoms. The van der Waals surface area contributed by atoms with Gasteiger partial charge in [0.2, 0.25) is 5.91 Å². The molecule has 6 nitrogen and oxygen atoms in total. The number of rotatable bonds is 3. The number of halogens is 1. The molecule has 0 bridgehead atoms. The molecule has 0 aliphatic carbocycles. The van der Waals surface area contributed by atoms with Gasteiger partial charge >= 0.3 is 0 Å². The van der Waals surface area contributed by atoms with Crippen LogP contribution in [-0.2, 0) is 11.3 Å². The maximum Gasteiger partial charge on any atom is 0.225 e. The van der Waals surface area contributed by atoms with Gasteiger partial charge in [0, 0.05) is 48.4 Å². The summed E-state index contributed by atoms with van der Waals surface area (Å²) < 4.78 is 17.6. The normalized spacial score (nSPS) is 15.9. The van der Waals surface area contributed by atoms with Crippen LogP contribution >= 0.6 is 0 Å². The summed E-state index contributed by atoms with van der Waals surface area (Å²) in [7, 11) is 0. The largest absolute Gasteiger partial charge is 0.343 e. The molecule has 152 valence electrons. The predicted octanol–water partition coefficient (Wildman–Crippen LogP) is 4.35. The summed E-state index contributed by atoms with van der Waals surface area (Å²) in [5.74, 6) is -0.480. The van der Waals surface area contributed by atoms with Gasteiger partial charge in [-0.1, -0.05) is 18.2 Å². The van der Waals surface area contributed by atoms with Crippen LogP contribution in [0.5, 0.6) is 0 Å². The summed E-state index contributed by atoms with van der Waals surface area (Å²) in [6.07, 6.45) is 7.75. The van der Waals surface area contributed by atoms with Gasteiger partial charge in [-0.05, 0) is 41.5 Å².